The molecule has 2 aromatic rings. The highest BCUT2D eigenvalue weighted by Gasteiger charge is 2.20. The van der Waals surface area contributed by atoms with Crippen LogP contribution in [0.3, 0.4) is 0 Å². The maximum atomic E-state index is 12.4. The Morgan fingerprint density at radius 3 is 2.19 bits per heavy atom. The molecule has 0 radical (unpaired) electrons. The van der Waals surface area contributed by atoms with Crippen molar-refractivity contribution in [1.82, 2.24) is 5.32 Å². The second kappa shape index (κ2) is 9.28. The zero-order chi connectivity index (χ0) is 19.8. The topological polar surface area (TPSA) is 104 Å². The molecule has 3 amide bonds. The number of benzene rings is 2. The number of hydrogen-bond acceptors (Lipinski definition) is 4. The average Bonchev–Trinajstić information content (AvgIpc) is 2.66. The van der Waals surface area contributed by atoms with Gasteiger partial charge in [-0.05, 0) is 42.8 Å². The summed E-state index contributed by atoms with van der Waals surface area (Å²) in [6, 6.07) is 12.5. The van der Waals surface area contributed by atoms with Gasteiger partial charge in [-0.1, -0.05) is 19.1 Å². The molecule has 7 heteroatoms. The van der Waals surface area contributed by atoms with Crippen molar-refractivity contribution in [3.05, 3.63) is 59.7 Å². The molecule has 2 aromatic carbocycles. The van der Waals surface area contributed by atoms with E-state index in [1.807, 2.05) is 6.92 Å². The summed E-state index contributed by atoms with van der Waals surface area (Å²) in [5.41, 5.74) is 1.22. The second-order valence-corrected chi connectivity index (χ2v) is 5.84. The number of Topliss-reactive ketones (excluding diaryl/α,β-unsaturated/α-hetero) is 1. The van der Waals surface area contributed by atoms with E-state index >= 15 is 0 Å². The Morgan fingerprint density at radius 1 is 0.889 bits per heavy atom. The fraction of sp³-hybridized carbons (Fsp3) is 0.200. The molecule has 0 saturated heterocycles. The zero-order valence-corrected chi connectivity index (χ0v) is 15.2. The number of rotatable bonds is 7. The minimum atomic E-state index is -0.837. The van der Waals surface area contributed by atoms with E-state index in [4.69, 9.17) is 0 Å². The van der Waals surface area contributed by atoms with Crippen LogP contribution in [0, 0.1) is 0 Å². The Morgan fingerprint density at radius 2 is 1.56 bits per heavy atom. The molecule has 0 saturated carbocycles. The summed E-state index contributed by atoms with van der Waals surface area (Å²) >= 11 is 0. The minimum absolute atomic E-state index is 0.0979. The van der Waals surface area contributed by atoms with Crippen LogP contribution in [0.15, 0.2) is 48.5 Å². The van der Waals surface area contributed by atoms with Gasteiger partial charge in [-0.25, -0.2) is 0 Å². The number of anilines is 2. The number of para-hydroxylation sites is 1. The Hall–Kier alpha value is -3.48. The molecule has 0 fully saturated rings. The lowest BCUT2D eigenvalue weighted by Crippen LogP contribution is -2.25. The molecule has 27 heavy (non-hydrogen) atoms. The molecule has 2 rings (SSSR count). The lowest BCUT2D eigenvalue weighted by Gasteiger charge is -2.10. The minimum Gasteiger partial charge on any atom is -0.352 e. The van der Waals surface area contributed by atoms with E-state index in [1.165, 1.54) is 13.0 Å². The first-order valence-corrected chi connectivity index (χ1v) is 8.53. The lowest BCUT2D eigenvalue weighted by molar-refractivity contribution is -0.114. The van der Waals surface area contributed by atoms with Gasteiger partial charge in [0.25, 0.3) is 17.6 Å². The maximum absolute atomic E-state index is 12.4. The molecular weight excluding hydrogens is 346 g/mol. The van der Waals surface area contributed by atoms with Crippen molar-refractivity contribution >= 4 is 34.9 Å². The monoisotopic (exact) mass is 367 g/mol. The summed E-state index contributed by atoms with van der Waals surface area (Å²) in [5.74, 6) is -2.15. The first-order chi connectivity index (χ1) is 12.9. The largest absolute Gasteiger partial charge is 0.352 e. The Kier molecular flexibility index (Phi) is 6.82. The van der Waals surface area contributed by atoms with Crippen LogP contribution in [-0.2, 0) is 9.59 Å². The highest BCUT2D eigenvalue weighted by atomic mass is 16.2. The van der Waals surface area contributed by atoms with Crippen LogP contribution >= 0.6 is 0 Å². The summed E-state index contributed by atoms with van der Waals surface area (Å²) in [5, 5.41) is 7.78. The van der Waals surface area contributed by atoms with E-state index in [-0.39, 0.29) is 23.1 Å². The molecule has 7 nitrogen and oxygen atoms in total. The summed E-state index contributed by atoms with van der Waals surface area (Å²) in [4.78, 5) is 47.8. The third-order valence-electron chi connectivity index (χ3n) is 3.63. The number of amides is 3. The van der Waals surface area contributed by atoms with Crippen molar-refractivity contribution < 1.29 is 19.2 Å². The van der Waals surface area contributed by atoms with Crippen molar-refractivity contribution in [2.45, 2.75) is 20.3 Å². The summed E-state index contributed by atoms with van der Waals surface area (Å²) in [7, 11) is 0. The van der Waals surface area contributed by atoms with Crippen LogP contribution in [0.4, 0.5) is 11.4 Å². The molecule has 0 unspecified atom stereocenters. The van der Waals surface area contributed by atoms with Gasteiger partial charge in [-0.2, -0.15) is 0 Å². The van der Waals surface area contributed by atoms with E-state index in [0.717, 1.165) is 6.42 Å². The number of carbonyl (C=O) groups excluding carboxylic acids is 4. The Labute approximate surface area is 157 Å². The van der Waals surface area contributed by atoms with E-state index < -0.39 is 11.7 Å². The van der Waals surface area contributed by atoms with Crippen LogP contribution in [0.25, 0.3) is 0 Å². The van der Waals surface area contributed by atoms with Gasteiger partial charge in [0.1, 0.15) is 0 Å². The first kappa shape index (κ1) is 19.8. The van der Waals surface area contributed by atoms with E-state index in [1.54, 1.807) is 42.5 Å². The highest BCUT2D eigenvalue weighted by Crippen LogP contribution is 2.17. The summed E-state index contributed by atoms with van der Waals surface area (Å²) in [6.45, 7) is 3.86. The van der Waals surface area contributed by atoms with Crippen LogP contribution in [0.2, 0.25) is 0 Å². The fourth-order valence-electron chi connectivity index (χ4n) is 2.34. The van der Waals surface area contributed by atoms with Gasteiger partial charge >= 0.3 is 0 Å². The van der Waals surface area contributed by atoms with Crippen molar-refractivity contribution in [2.24, 2.45) is 0 Å². The Balaban J connectivity index is 2.08. The van der Waals surface area contributed by atoms with Gasteiger partial charge in [-0.3, -0.25) is 19.2 Å². The Bertz CT molecular complexity index is 860. The van der Waals surface area contributed by atoms with Gasteiger partial charge in [-0.15, -0.1) is 0 Å². The van der Waals surface area contributed by atoms with Crippen molar-refractivity contribution in [2.75, 3.05) is 17.2 Å². The normalized spacial score (nSPS) is 10.0. The van der Waals surface area contributed by atoms with Crippen molar-refractivity contribution in [3.8, 4) is 0 Å². The van der Waals surface area contributed by atoms with E-state index in [9.17, 15) is 19.2 Å². The third kappa shape index (κ3) is 5.50. The lowest BCUT2D eigenvalue weighted by atomic mass is 10.1. The third-order valence-corrected chi connectivity index (χ3v) is 3.63. The van der Waals surface area contributed by atoms with Gasteiger partial charge in [0.2, 0.25) is 5.91 Å². The van der Waals surface area contributed by atoms with Crippen LogP contribution in [0.1, 0.15) is 41.0 Å². The molecule has 0 bridgehead atoms. The molecule has 0 heterocycles. The molecule has 0 aromatic heterocycles. The number of nitrogens with one attached hydrogen (secondary N) is 3. The van der Waals surface area contributed by atoms with Gasteiger partial charge in [0, 0.05) is 24.7 Å². The van der Waals surface area contributed by atoms with Crippen LogP contribution in [-0.4, -0.2) is 30.0 Å². The SMILES string of the molecule is CCCNC(=O)c1ccc(NC(=O)C(=O)c2ccccc2NC(C)=O)cc1. The predicted octanol–water partition coefficient (Wildman–Crippen LogP) is 2.61. The van der Waals surface area contributed by atoms with E-state index in [0.29, 0.717) is 17.8 Å². The van der Waals surface area contributed by atoms with Gasteiger partial charge in [0.15, 0.2) is 0 Å². The highest BCUT2D eigenvalue weighted by molar-refractivity contribution is 6.47. The molecule has 0 atom stereocenters. The molecule has 0 aliphatic carbocycles. The predicted molar refractivity (Wildman–Crippen MR) is 103 cm³/mol. The van der Waals surface area contributed by atoms with Crippen LogP contribution in [0.5, 0.6) is 0 Å². The van der Waals surface area contributed by atoms with Gasteiger partial charge in [0.05, 0.1) is 11.3 Å². The molecule has 140 valence electrons. The molecule has 0 aliphatic rings. The van der Waals surface area contributed by atoms with Crippen LogP contribution < -0.4 is 16.0 Å². The smallest absolute Gasteiger partial charge is 0.296 e. The summed E-state index contributed by atoms with van der Waals surface area (Å²) in [6.07, 6.45) is 0.835. The quantitative estimate of drug-likeness (QED) is 0.517. The number of ketones is 1. The summed E-state index contributed by atoms with van der Waals surface area (Å²) < 4.78 is 0. The standard InChI is InChI=1S/C20H21N3O4/c1-3-12-21-19(26)14-8-10-15(11-9-14)23-20(27)18(25)16-6-4-5-7-17(16)22-13(2)24/h4-11H,3,12H2,1-2H3,(H,21,26)(H,22,24)(H,23,27). The van der Waals surface area contributed by atoms with E-state index in [2.05, 4.69) is 16.0 Å². The maximum Gasteiger partial charge on any atom is 0.296 e. The first-order valence-electron chi connectivity index (χ1n) is 8.53. The molecule has 3 N–H and O–H groups in total. The zero-order valence-electron chi connectivity index (χ0n) is 15.2. The fourth-order valence-corrected chi connectivity index (χ4v) is 2.34. The van der Waals surface area contributed by atoms with Crippen molar-refractivity contribution in [3.63, 3.8) is 0 Å². The average molecular weight is 367 g/mol. The van der Waals surface area contributed by atoms with Gasteiger partial charge < -0.3 is 16.0 Å². The molecule has 0 aliphatic heterocycles. The molecule has 0 spiro atoms. The van der Waals surface area contributed by atoms with Crippen molar-refractivity contribution in [1.29, 1.82) is 0 Å². The molecular formula is C20H21N3O4. The number of hydrogen-bond donors (Lipinski definition) is 3. The number of carbonyl (C=O) groups is 4. The second-order valence-electron chi connectivity index (χ2n) is 5.84.